The molecule has 2 rings (SSSR count). The van der Waals surface area contributed by atoms with E-state index in [-0.39, 0.29) is 5.56 Å². The Balaban J connectivity index is 2.35. The number of carbonyl (C=O) groups is 1. The van der Waals surface area contributed by atoms with E-state index in [4.69, 9.17) is 5.11 Å². The second-order valence-corrected chi connectivity index (χ2v) is 5.30. The molecule has 15 heavy (non-hydrogen) atoms. The molecule has 0 aliphatic rings. The van der Waals surface area contributed by atoms with E-state index in [1.165, 1.54) is 6.20 Å². The lowest BCUT2D eigenvalue weighted by Crippen LogP contribution is -1.96. The summed E-state index contributed by atoms with van der Waals surface area (Å²) in [6.07, 6.45) is 1.37. The van der Waals surface area contributed by atoms with Gasteiger partial charge in [0.1, 0.15) is 0 Å². The molecule has 3 nitrogen and oxygen atoms in total. The first-order chi connectivity index (χ1) is 7.16. The highest BCUT2D eigenvalue weighted by Crippen LogP contribution is 2.29. The fourth-order valence-corrected chi connectivity index (χ4v) is 2.48. The first kappa shape index (κ1) is 10.3. The molecule has 2 aromatic heterocycles. The largest absolute Gasteiger partial charge is 0.478 e. The Hall–Kier alpha value is -1.20. The lowest BCUT2D eigenvalue weighted by Gasteiger charge is -1.97. The molecule has 0 bridgehead atoms. The molecule has 2 aromatic rings. The van der Waals surface area contributed by atoms with Gasteiger partial charge in [0.15, 0.2) is 0 Å². The van der Waals surface area contributed by atoms with E-state index in [0.717, 1.165) is 14.4 Å². The number of carboxylic acid groups (broad SMARTS) is 1. The minimum Gasteiger partial charge on any atom is -0.478 e. The Morgan fingerprint density at radius 3 is 2.60 bits per heavy atom. The van der Waals surface area contributed by atoms with Crippen molar-refractivity contribution in [3.63, 3.8) is 0 Å². The topological polar surface area (TPSA) is 50.2 Å². The van der Waals surface area contributed by atoms with Gasteiger partial charge in [-0.15, -0.1) is 11.3 Å². The molecule has 0 spiro atoms. The summed E-state index contributed by atoms with van der Waals surface area (Å²) >= 11 is 4.93. The summed E-state index contributed by atoms with van der Waals surface area (Å²) < 4.78 is 1.03. The molecule has 0 radical (unpaired) electrons. The molecule has 0 aliphatic carbocycles. The second kappa shape index (κ2) is 4.12. The van der Waals surface area contributed by atoms with Gasteiger partial charge in [0, 0.05) is 6.20 Å². The van der Waals surface area contributed by atoms with Gasteiger partial charge in [-0.05, 0) is 40.2 Å². The number of hydrogen-bond acceptors (Lipinski definition) is 3. The molecule has 0 unspecified atom stereocenters. The molecule has 2 heterocycles. The van der Waals surface area contributed by atoms with Gasteiger partial charge in [-0.1, -0.05) is 0 Å². The molecule has 0 amide bonds. The van der Waals surface area contributed by atoms with Crippen LogP contribution in [0, 0.1) is 0 Å². The van der Waals surface area contributed by atoms with E-state index in [0.29, 0.717) is 0 Å². The molecular formula is C10H6BrNO2S. The number of nitrogens with zero attached hydrogens (tertiary/aromatic N) is 1. The second-order valence-electron chi connectivity index (χ2n) is 2.84. The average molecular weight is 284 g/mol. The van der Waals surface area contributed by atoms with E-state index < -0.39 is 5.97 Å². The van der Waals surface area contributed by atoms with Crippen LogP contribution < -0.4 is 0 Å². The van der Waals surface area contributed by atoms with Crippen LogP contribution in [0.5, 0.6) is 0 Å². The molecule has 0 saturated carbocycles. The average Bonchev–Trinajstić information content (AvgIpc) is 2.65. The zero-order chi connectivity index (χ0) is 10.8. The smallest absolute Gasteiger partial charge is 0.337 e. The van der Waals surface area contributed by atoms with E-state index in [2.05, 4.69) is 20.9 Å². The number of pyridine rings is 1. The summed E-state index contributed by atoms with van der Waals surface area (Å²) in [5.74, 6) is -0.957. The van der Waals surface area contributed by atoms with Crippen LogP contribution in [-0.4, -0.2) is 16.1 Å². The van der Waals surface area contributed by atoms with Crippen molar-refractivity contribution >= 4 is 33.2 Å². The highest BCUT2D eigenvalue weighted by atomic mass is 79.9. The van der Waals surface area contributed by atoms with Crippen molar-refractivity contribution in [1.82, 2.24) is 4.98 Å². The SMILES string of the molecule is O=C(O)c1ccc(-c2ccc(Br)s2)nc1. The van der Waals surface area contributed by atoms with Crippen molar-refractivity contribution in [3.05, 3.63) is 39.8 Å². The number of aromatic nitrogens is 1. The summed E-state index contributed by atoms with van der Waals surface area (Å²) in [5, 5.41) is 8.71. The minimum atomic E-state index is -0.957. The van der Waals surface area contributed by atoms with Crippen LogP contribution >= 0.6 is 27.3 Å². The maximum Gasteiger partial charge on any atom is 0.337 e. The molecule has 0 aromatic carbocycles. The maximum atomic E-state index is 10.6. The van der Waals surface area contributed by atoms with Crippen LogP contribution in [0.25, 0.3) is 10.6 Å². The zero-order valence-electron chi connectivity index (χ0n) is 7.48. The highest BCUT2D eigenvalue weighted by Gasteiger charge is 2.05. The van der Waals surface area contributed by atoms with Gasteiger partial charge in [-0.25, -0.2) is 4.79 Å². The van der Waals surface area contributed by atoms with Crippen molar-refractivity contribution in [2.75, 3.05) is 0 Å². The third-order valence-electron chi connectivity index (χ3n) is 1.84. The van der Waals surface area contributed by atoms with Crippen molar-refractivity contribution in [2.24, 2.45) is 0 Å². The van der Waals surface area contributed by atoms with Crippen molar-refractivity contribution in [3.8, 4) is 10.6 Å². The van der Waals surface area contributed by atoms with E-state index in [9.17, 15) is 4.79 Å². The number of rotatable bonds is 2. The lowest BCUT2D eigenvalue weighted by atomic mass is 10.2. The maximum absolute atomic E-state index is 10.6. The summed E-state index contributed by atoms with van der Waals surface area (Å²) in [6, 6.07) is 7.14. The van der Waals surface area contributed by atoms with Crippen LogP contribution in [0.15, 0.2) is 34.2 Å². The number of halogens is 1. The van der Waals surface area contributed by atoms with Crippen LogP contribution in [0.2, 0.25) is 0 Å². The molecular weight excluding hydrogens is 278 g/mol. The molecule has 0 atom stereocenters. The minimum absolute atomic E-state index is 0.203. The Bertz CT molecular complexity index is 492. The first-order valence-corrected chi connectivity index (χ1v) is 5.73. The molecule has 0 aliphatic heterocycles. The Morgan fingerprint density at radius 1 is 1.33 bits per heavy atom. The Morgan fingerprint density at radius 2 is 2.13 bits per heavy atom. The summed E-state index contributed by atoms with van der Waals surface area (Å²) in [5.41, 5.74) is 0.991. The number of thiophene rings is 1. The van der Waals surface area contributed by atoms with Gasteiger partial charge in [-0.3, -0.25) is 4.98 Å². The molecule has 0 saturated heterocycles. The van der Waals surface area contributed by atoms with Crippen LogP contribution in [0.4, 0.5) is 0 Å². The van der Waals surface area contributed by atoms with E-state index in [1.54, 1.807) is 23.5 Å². The number of aromatic carboxylic acids is 1. The van der Waals surface area contributed by atoms with Crippen molar-refractivity contribution in [1.29, 1.82) is 0 Å². The fourth-order valence-electron chi connectivity index (χ4n) is 1.12. The van der Waals surface area contributed by atoms with E-state index >= 15 is 0 Å². The third-order valence-corrected chi connectivity index (χ3v) is 3.48. The van der Waals surface area contributed by atoms with E-state index in [1.807, 2.05) is 12.1 Å². The number of carboxylic acids is 1. The van der Waals surface area contributed by atoms with Gasteiger partial charge in [-0.2, -0.15) is 0 Å². The van der Waals surface area contributed by atoms with Crippen LogP contribution in [0.3, 0.4) is 0 Å². The molecule has 1 N–H and O–H groups in total. The van der Waals surface area contributed by atoms with Crippen LogP contribution in [0.1, 0.15) is 10.4 Å². The normalized spacial score (nSPS) is 10.2. The highest BCUT2D eigenvalue weighted by molar-refractivity contribution is 9.11. The van der Waals surface area contributed by atoms with Crippen molar-refractivity contribution < 1.29 is 9.90 Å². The predicted octanol–water partition coefficient (Wildman–Crippen LogP) is 3.27. The monoisotopic (exact) mass is 283 g/mol. The lowest BCUT2D eigenvalue weighted by molar-refractivity contribution is 0.0696. The summed E-state index contributed by atoms with van der Waals surface area (Å²) in [4.78, 5) is 15.7. The van der Waals surface area contributed by atoms with Gasteiger partial charge in [0.25, 0.3) is 0 Å². The summed E-state index contributed by atoms with van der Waals surface area (Å²) in [6.45, 7) is 0. The molecule has 5 heteroatoms. The molecule has 76 valence electrons. The van der Waals surface area contributed by atoms with Gasteiger partial charge < -0.3 is 5.11 Å². The first-order valence-electron chi connectivity index (χ1n) is 4.12. The summed E-state index contributed by atoms with van der Waals surface area (Å²) in [7, 11) is 0. The van der Waals surface area contributed by atoms with Gasteiger partial charge in [0.05, 0.1) is 19.9 Å². The van der Waals surface area contributed by atoms with Crippen molar-refractivity contribution in [2.45, 2.75) is 0 Å². The zero-order valence-corrected chi connectivity index (χ0v) is 9.88. The third kappa shape index (κ3) is 2.24. The molecule has 0 fully saturated rings. The van der Waals surface area contributed by atoms with Crippen LogP contribution in [-0.2, 0) is 0 Å². The quantitative estimate of drug-likeness (QED) is 0.920. The Labute approximate surface area is 98.5 Å². The Kier molecular flexibility index (Phi) is 2.83. The fraction of sp³-hybridized carbons (Fsp3) is 0. The predicted molar refractivity (Wildman–Crippen MR) is 62.2 cm³/mol. The van der Waals surface area contributed by atoms with Gasteiger partial charge in [0.2, 0.25) is 0 Å². The van der Waals surface area contributed by atoms with Gasteiger partial charge >= 0.3 is 5.97 Å². The number of hydrogen-bond donors (Lipinski definition) is 1. The standard InChI is InChI=1S/C10H6BrNO2S/c11-9-4-3-8(15-9)7-2-1-6(5-12-7)10(13)14/h1-5H,(H,13,14).